The van der Waals surface area contributed by atoms with Crippen molar-refractivity contribution in [3.63, 3.8) is 0 Å². The number of nitrogens with two attached hydrogens (primary N) is 1. The summed E-state index contributed by atoms with van der Waals surface area (Å²) in [7, 11) is 3.02. The van der Waals surface area contributed by atoms with Crippen molar-refractivity contribution < 1.29 is 23.9 Å². The van der Waals surface area contributed by atoms with Gasteiger partial charge in [0.15, 0.2) is 17.3 Å². The summed E-state index contributed by atoms with van der Waals surface area (Å²) >= 11 is 6.19. The minimum Gasteiger partial charge on any atom is -0.493 e. The number of rotatable bonds is 8. The molecule has 3 aromatic rings. The van der Waals surface area contributed by atoms with Crippen LogP contribution >= 0.6 is 11.6 Å². The zero-order valence-corrected chi connectivity index (χ0v) is 22.8. The second-order valence-corrected chi connectivity index (χ2v) is 10.5. The molecule has 4 unspecified atom stereocenters. The predicted molar refractivity (Wildman–Crippen MR) is 148 cm³/mol. The molecule has 40 heavy (non-hydrogen) atoms. The molecule has 4 atom stereocenters. The summed E-state index contributed by atoms with van der Waals surface area (Å²) < 4.78 is 10.9. The maximum absolute atomic E-state index is 14.4. The van der Waals surface area contributed by atoms with E-state index in [0.29, 0.717) is 51.6 Å². The largest absolute Gasteiger partial charge is 0.493 e. The van der Waals surface area contributed by atoms with Crippen molar-refractivity contribution in [2.24, 2.45) is 17.6 Å². The number of ether oxygens (including phenoxy) is 2. The lowest BCUT2D eigenvalue weighted by Gasteiger charge is -2.31. The molecule has 1 saturated heterocycles. The lowest BCUT2D eigenvalue weighted by molar-refractivity contribution is -0.140. The van der Waals surface area contributed by atoms with Crippen LogP contribution in [-0.4, -0.2) is 42.8 Å². The van der Waals surface area contributed by atoms with Gasteiger partial charge < -0.3 is 20.1 Å². The minimum atomic E-state index is -1.10. The second-order valence-electron chi connectivity index (χ2n) is 10.1. The highest BCUT2D eigenvalue weighted by molar-refractivity contribution is 6.30. The van der Waals surface area contributed by atoms with Crippen molar-refractivity contribution in [1.82, 2.24) is 4.90 Å². The Labute approximate surface area is 237 Å². The van der Waals surface area contributed by atoms with E-state index in [1.54, 1.807) is 66.7 Å². The van der Waals surface area contributed by atoms with Gasteiger partial charge in [-0.3, -0.25) is 14.4 Å². The van der Waals surface area contributed by atoms with Crippen molar-refractivity contribution in [1.29, 1.82) is 5.26 Å². The zero-order valence-electron chi connectivity index (χ0n) is 22.0. The smallest absolute Gasteiger partial charge is 0.240 e. The number of primary amides is 1. The maximum Gasteiger partial charge on any atom is 0.240 e. The summed E-state index contributed by atoms with van der Waals surface area (Å²) in [6.07, 6.45) is 1.42. The van der Waals surface area contributed by atoms with Crippen LogP contribution in [0.1, 0.15) is 51.8 Å². The first-order valence-corrected chi connectivity index (χ1v) is 13.3. The number of methoxy groups -OCH3 is 2. The van der Waals surface area contributed by atoms with Crippen LogP contribution < -0.4 is 15.2 Å². The third-order valence-electron chi connectivity index (χ3n) is 7.74. The van der Waals surface area contributed by atoms with E-state index in [9.17, 15) is 19.6 Å². The van der Waals surface area contributed by atoms with Gasteiger partial charge in [-0.1, -0.05) is 41.9 Å². The van der Waals surface area contributed by atoms with Gasteiger partial charge in [0, 0.05) is 22.4 Å². The van der Waals surface area contributed by atoms with Gasteiger partial charge in [-0.25, -0.2) is 0 Å². The van der Waals surface area contributed by atoms with Gasteiger partial charge in [-0.05, 0) is 60.4 Å². The minimum absolute atomic E-state index is 0.204. The van der Waals surface area contributed by atoms with Gasteiger partial charge in [0.05, 0.1) is 37.8 Å². The average molecular weight is 558 g/mol. The molecule has 2 aliphatic rings. The summed E-state index contributed by atoms with van der Waals surface area (Å²) in [5, 5.41) is 9.76. The van der Waals surface area contributed by atoms with E-state index in [4.69, 9.17) is 26.8 Å². The van der Waals surface area contributed by atoms with Crippen LogP contribution in [0.4, 0.5) is 0 Å². The summed E-state index contributed by atoms with van der Waals surface area (Å²) in [5.74, 6) is -2.19. The van der Waals surface area contributed by atoms with Crippen molar-refractivity contribution in [2.75, 3.05) is 14.2 Å². The average Bonchev–Trinajstić information content (AvgIpc) is 3.77. The Hall–Kier alpha value is -4.35. The number of hydrogen-bond acceptors (Lipinski definition) is 6. The maximum atomic E-state index is 14.4. The quantitative estimate of drug-likeness (QED) is 0.402. The monoisotopic (exact) mass is 557 g/mol. The molecule has 1 aliphatic heterocycles. The van der Waals surface area contributed by atoms with Gasteiger partial charge >= 0.3 is 0 Å². The Bertz CT molecular complexity index is 1490. The normalized spacial score (nSPS) is 21.9. The number of amides is 2. The van der Waals surface area contributed by atoms with Gasteiger partial charge in [0.25, 0.3) is 0 Å². The molecular formula is C31H28ClN3O5. The highest BCUT2D eigenvalue weighted by Crippen LogP contribution is 2.53. The fourth-order valence-electron chi connectivity index (χ4n) is 5.73. The van der Waals surface area contributed by atoms with Crippen LogP contribution in [0.2, 0.25) is 5.02 Å². The fraction of sp³-hybridized carbons (Fsp3) is 0.290. The van der Waals surface area contributed by atoms with E-state index in [1.807, 2.05) is 0 Å². The van der Waals surface area contributed by atoms with Crippen molar-refractivity contribution in [3.05, 3.63) is 94.0 Å². The van der Waals surface area contributed by atoms with Gasteiger partial charge in [-0.15, -0.1) is 0 Å². The Balaban J connectivity index is 1.75. The van der Waals surface area contributed by atoms with E-state index in [0.717, 1.165) is 0 Å². The first-order chi connectivity index (χ1) is 19.3. The zero-order chi connectivity index (χ0) is 28.6. The molecule has 0 radical (unpaired) electrons. The Morgan fingerprint density at radius 3 is 2.10 bits per heavy atom. The molecule has 8 nitrogen and oxygen atoms in total. The molecule has 2 N–H and O–H groups in total. The fourth-order valence-corrected chi connectivity index (χ4v) is 5.85. The molecule has 3 aromatic carbocycles. The number of nitrogens with zero attached hydrogens (tertiary/aromatic N) is 2. The molecule has 1 saturated carbocycles. The molecule has 1 aliphatic carbocycles. The predicted octanol–water partition coefficient (Wildman–Crippen LogP) is 4.66. The first kappa shape index (κ1) is 27.2. The van der Waals surface area contributed by atoms with E-state index < -0.39 is 29.8 Å². The van der Waals surface area contributed by atoms with Crippen LogP contribution in [0.25, 0.3) is 0 Å². The number of benzene rings is 3. The second kappa shape index (κ2) is 11.0. The summed E-state index contributed by atoms with van der Waals surface area (Å²) in [6.45, 7) is 0. The van der Waals surface area contributed by atoms with E-state index in [2.05, 4.69) is 6.07 Å². The first-order valence-electron chi connectivity index (χ1n) is 12.9. The van der Waals surface area contributed by atoms with E-state index in [-0.39, 0.29) is 17.6 Å². The van der Waals surface area contributed by atoms with Crippen LogP contribution in [0, 0.1) is 23.2 Å². The molecule has 2 fully saturated rings. The Morgan fingerprint density at radius 2 is 1.55 bits per heavy atom. The van der Waals surface area contributed by atoms with Crippen LogP contribution in [-0.2, 0) is 9.59 Å². The molecule has 1 heterocycles. The highest BCUT2D eigenvalue weighted by atomic mass is 35.5. The van der Waals surface area contributed by atoms with Crippen LogP contribution in [0.3, 0.4) is 0 Å². The molecule has 0 aromatic heterocycles. The molecule has 2 amide bonds. The number of carbonyl (C=O) groups excluding carboxylic acids is 3. The number of ketones is 1. The van der Waals surface area contributed by atoms with Gasteiger partial charge in [0.2, 0.25) is 11.8 Å². The van der Waals surface area contributed by atoms with Crippen molar-refractivity contribution in [3.8, 4) is 17.6 Å². The number of halogens is 1. The number of likely N-dealkylation sites (tertiary alicyclic amines) is 1. The molecule has 204 valence electrons. The molecule has 9 heteroatoms. The topological polar surface area (TPSA) is 123 Å². The van der Waals surface area contributed by atoms with Gasteiger partial charge in [-0.2, -0.15) is 5.26 Å². The SMILES string of the molecule is COc1ccc(C2C(C(=O)c3ccc(C#N)cc3)C(c3ccc(Cl)cc3)N(C(=O)C3CC3)C2C(N)=O)cc1OC. The van der Waals surface area contributed by atoms with E-state index in [1.165, 1.54) is 19.1 Å². The summed E-state index contributed by atoms with van der Waals surface area (Å²) in [6, 6.07) is 18.6. The molecule has 0 spiro atoms. The number of hydrogen-bond donors (Lipinski definition) is 1. The number of Topliss-reactive ketones (excluding diaryl/α,β-unsaturated/α-hetero) is 1. The number of nitriles is 1. The third-order valence-corrected chi connectivity index (χ3v) is 8.00. The van der Waals surface area contributed by atoms with Crippen LogP contribution in [0.5, 0.6) is 11.5 Å². The summed E-state index contributed by atoms with van der Waals surface area (Å²) in [4.78, 5) is 43.1. The lowest BCUT2D eigenvalue weighted by atomic mass is 9.76. The van der Waals surface area contributed by atoms with E-state index >= 15 is 0 Å². The van der Waals surface area contributed by atoms with Gasteiger partial charge in [0.1, 0.15) is 6.04 Å². The lowest BCUT2D eigenvalue weighted by Crippen LogP contribution is -2.47. The molecule has 0 bridgehead atoms. The third kappa shape index (κ3) is 4.89. The van der Waals surface area contributed by atoms with Crippen molar-refractivity contribution in [2.45, 2.75) is 30.8 Å². The van der Waals surface area contributed by atoms with Crippen molar-refractivity contribution >= 4 is 29.2 Å². The standard InChI is InChI=1S/C31H28ClN3O5/c1-39-23-14-11-21(15-24(23)40-2)25-26(29(36)19-5-3-17(16-33)4-6-19)27(18-9-12-22(32)13-10-18)35(28(25)30(34)37)31(38)20-7-8-20/h3-6,9-15,20,25-28H,7-8H2,1-2H3,(H2,34,37). The molecule has 5 rings (SSSR count). The Morgan fingerprint density at radius 1 is 0.925 bits per heavy atom. The van der Waals surface area contributed by atoms with Crippen LogP contribution in [0.15, 0.2) is 66.7 Å². The molecular weight excluding hydrogens is 530 g/mol. The summed E-state index contributed by atoms with van der Waals surface area (Å²) in [5.41, 5.74) is 8.09. The highest BCUT2D eigenvalue weighted by Gasteiger charge is 2.58. The Kier molecular flexibility index (Phi) is 7.51. The number of carbonyl (C=O) groups is 3.